The van der Waals surface area contributed by atoms with E-state index in [4.69, 9.17) is 4.74 Å². The van der Waals surface area contributed by atoms with Gasteiger partial charge in [-0.2, -0.15) is 0 Å². The topological polar surface area (TPSA) is 24.8 Å². The third-order valence-corrected chi connectivity index (χ3v) is 2.91. The Labute approximate surface area is 73.4 Å². The molecular weight excluding hydrogens is 152 g/mol. The van der Waals surface area contributed by atoms with Crippen LogP contribution in [0.4, 0.5) is 0 Å². The van der Waals surface area contributed by atoms with Gasteiger partial charge in [0.05, 0.1) is 6.04 Å². The molecule has 0 spiro atoms. The van der Waals surface area contributed by atoms with Crippen LogP contribution >= 0.6 is 0 Å². The van der Waals surface area contributed by atoms with Crippen LogP contribution in [0, 0.1) is 0 Å². The van der Waals surface area contributed by atoms with E-state index in [9.17, 15) is 0 Å². The molecule has 0 amide bonds. The van der Waals surface area contributed by atoms with Gasteiger partial charge in [0.2, 0.25) is 0 Å². The number of aliphatic imine (C=N–C) groups is 1. The van der Waals surface area contributed by atoms with Crippen molar-refractivity contribution in [2.24, 2.45) is 4.99 Å². The predicted octanol–water partition coefficient (Wildman–Crippen LogP) is 1.25. The summed E-state index contributed by atoms with van der Waals surface area (Å²) in [5.41, 5.74) is 0. The van der Waals surface area contributed by atoms with Crippen LogP contribution in [0.2, 0.25) is 0 Å². The molecule has 1 heterocycles. The molecule has 2 aliphatic rings. The van der Waals surface area contributed by atoms with Gasteiger partial charge in [-0.3, -0.25) is 0 Å². The molecule has 1 saturated carbocycles. The fourth-order valence-electron chi connectivity index (χ4n) is 2.23. The van der Waals surface area contributed by atoms with Crippen LogP contribution in [0.1, 0.15) is 25.7 Å². The second-order valence-electron chi connectivity index (χ2n) is 3.63. The smallest absolute Gasteiger partial charge is 0.287 e. The Hall–Kier alpha value is -0.730. The van der Waals surface area contributed by atoms with Gasteiger partial charge < -0.3 is 9.64 Å². The monoisotopic (exact) mass is 168 g/mol. The van der Waals surface area contributed by atoms with E-state index < -0.39 is 0 Å². The van der Waals surface area contributed by atoms with Crippen LogP contribution in [0.15, 0.2) is 4.99 Å². The van der Waals surface area contributed by atoms with Crippen molar-refractivity contribution in [2.75, 3.05) is 14.1 Å². The van der Waals surface area contributed by atoms with E-state index >= 15 is 0 Å². The van der Waals surface area contributed by atoms with E-state index in [1.807, 2.05) is 0 Å². The van der Waals surface area contributed by atoms with E-state index in [0.717, 1.165) is 6.02 Å². The van der Waals surface area contributed by atoms with Gasteiger partial charge in [-0.1, -0.05) is 6.42 Å². The van der Waals surface area contributed by atoms with Crippen molar-refractivity contribution in [1.82, 2.24) is 4.90 Å². The van der Waals surface area contributed by atoms with Gasteiger partial charge in [0.15, 0.2) is 0 Å². The molecule has 1 aliphatic carbocycles. The Morgan fingerprint density at radius 1 is 1.42 bits per heavy atom. The molecule has 2 atom stereocenters. The normalized spacial score (nSPS) is 38.2. The standard InChI is InChI=1S/C9H16N2O/c1-10-9-11(2)7-5-3-4-6-8(7)12-9/h7-8H,3-6H2,1-2H3/b10-9+. The molecular formula is C9H16N2O. The summed E-state index contributed by atoms with van der Waals surface area (Å²) in [6.07, 6.45) is 5.54. The van der Waals surface area contributed by atoms with Gasteiger partial charge in [0.25, 0.3) is 6.02 Å². The second kappa shape index (κ2) is 2.96. The molecule has 0 radical (unpaired) electrons. The molecule has 2 rings (SSSR count). The SMILES string of the molecule is C/N=C1/OC2CCCCC2N1C. The van der Waals surface area contributed by atoms with Gasteiger partial charge in [-0.05, 0) is 19.3 Å². The first-order valence-corrected chi connectivity index (χ1v) is 4.69. The first-order valence-electron chi connectivity index (χ1n) is 4.69. The van der Waals surface area contributed by atoms with Gasteiger partial charge >= 0.3 is 0 Å². The Balaban J connectivity index is 2.13. The van der Waals surface area contributed by atoms with E-state index in [1.165, 1.54) is 25.7 Å². The lowest BCUT2D eigenvalue weighted by atomic mass is 9.93. The maximum Gasteiger partial charge on any atom is 0.287 e. The maximum atomic E-state index is 5.70. The Morgan fingerprint density at radius 3 is 2.83 bits per heavy atom. The van der Waals surface area contributed by atoms with Crippen molar-refractivity contribution in [3.63, 3.8) is 0 Å². The predicted molar refractivity (Wildman–Crippen MR) is 48.3 cm³/mol. The molecule has 2 unspecified atom stereocenters. The molecule has 3 heteroatoms. The highest BCUT2D eigenvalue weighted by Gasteiger charge is 2.38. The highest BCUT2D eigenvalue weighted by Crippen LogP contribution is 2.30. The van der Waals surface area contributed by atoms with Crippen LogP contribution in [-0.4, -0.2) is 37.2 Å². The Bertz CT molecular complexity index is 203. The molecule has 1 saturated heterocycles. The molecule has 0 aromatic rings. The maximum absolute atomic E-state index is 5.70. The number of ether oxygens (including phenoxy) is 1. The van der Waals surface area contributed by atoms with Crippen molar-refractivity contribution >= 4 is 6.02 Å². The minimum atomic E-state index is 0.419. The highest BCUT2D eigenvalue weighted by atomic mass is 16.5. The van der Waals surface area contributed by atoms with Crippen molar-refractivity contribution in [2.45, 2.75) is 37.8 Å². The summed E-state index contributed by atoms with van der Waals surface area (Å²) in [6.45, 7) is 0. The zero-order valence-corrected chi connectivity index (χ0v) is 7.79. The molecule has 0 N–H and O–H groups in total. The van der Waals surface area contributed by atoms with Gasteiger partial charge in [-0.25, -0.2) is 4.99 Å². The zero-order valence-electron chi connectivity index (χ0n) is 7.79. The number of amidine groups is 1. The molecule has 1 aliphatic heterocycles. The number of fused-ring (bicyclic) bond motifs is 1. The number of nitrogens with zero attached hydrogens (tertiary/aromatic N) is 2. The van der Waals surface area contributed by atoms with Crippen LogP contribution < -0.4 is 0 Å². The molecule has 3 nitrogen and oxygen atoms in total. The summed E-state index contributed by atoms with van der Waals surface area (Å²) in [5, 5.41) is 0. The van der Waals surface area contributed by atoms with Crippen LogP contribution in [-0.2, 0) is 4.74 Å². The largest absolute Gasteiger partial charge is 0.460 e. The van der Waals surface area contributed by atoms with E-state index in [2.05, 4.69) is 16.9 Å². The number of hydrogen-bond donors (Lipinski definition) is 0. The second-order valence-corrected chi connectivity index (χ2v) is 3.63. The van der Waals surface area contributed by atoms with Crippen molar-refractivity contribution in [3.8, 4) is 0 Å². The molecule has 0 aromatic heterocycles. The number of hydrogen-bond acceptors (Lipinski definition) is 2. The summed E-state index contributed by atoms with van der Waals surface area (Å²) >= 11 is 0. The quantitative estimate of drug-likeness (QED) is 0.543. The average molecular weight is 168 g/mol. The molecule has 12 heavy (non-hydrogen) atoms. The first-order chi connectivity index (χ1) is 5.83. The summed E-state index contributed by atoms with van der Waals surface area (Å²) < 4.78 is 5.70. The minimum Gasteiger partial charge on any atom is -0.460 e. The molecule has 0 bridgehead atoms. The molecule has 2 fully saturated rings. The Kier molecular flexibility index (Phi) is 1.95. The van der Waals surface area contributed by atoms with E-state index in [0.29, 0.717) is 12.1 Å². The first kappa shape index (κ1) is 7.90. The minimum absolute atomic E-state index is 0.419. The van der Waals surface area contributed by atoms with Crippen LogP contribution in [0.5, 0.6) is 0 Å². The Morgan fingerprint density at radius 2 is 2.17 bits per heavy atom. The van der Waals surface area contributed by atoms with Crippen molar-refractivity contribution in [3.05, 3.63) is 0 Å². The fraction of sp³-hybridized carbons (Fsp3) is 0.889. The molecule has 68 valence electrons. The highest BCUT2D eigenvalue weighted by molar-refractivity contribution is 5.76. The van der Waals surface area contributed by atoms with Gasteiger partial charge in [0.1, 0.15) is 6.10 Å². The lowest BCUT2D eigenvalue weighted by Gasteiger charge is -2.25. The summed E-state index contributed by atoms with van der Waals surface area (Å²) in [6, 6.07) is 1.42. The summed E-state index contributed by atoms with van der Waals surface area (Å²) in [5.74, 6) is 0. The lowest BCUT2D eigenvalue weighted by Crippen LogP contribution is -2.35. The summed E-state index contributed by atoms with van der Waals surface area (Å²) in [4.78, 5) is 6.30. The number of likely N-dealkylation sites (N-methyl/N-ethyl adjacent to an activating group) is 1. The van der Waals surface area contributed by atoms with Crippen LogP contribution in [0.3, 0.4) is 0 Å². The number of rotatable bonds is 0. The summed E-state index contributed by atoms with van der Waals surface area (Å²) in [7, 11) is 3.88. The average Bonchev–Trinajstić information content (AvgIpc) is 2.44. The zero-order chi connectivity index (χ0) is 8.55. The third kappa shape index (κ3) is 1.08. The van der Waals surface area contributed by atoms with Crippen molar-refractivity contribution < 1.29 is 4.74 Å². The fourth-order valence-corrected chi connectivity index (χ4v) is 2.23. The lowest BCUT2D eigenvalue weighted by molar-refractivity contribution is 0.146. The molecule has 0 aromatic carbocycles. The van der Waals surface area contributed by atoms with Gasteiger partial charge in [0, 0.05) is 14.1 Å². The van der Waals surface area contributed by atoms with Crippen molar-refractivity contribution in [1.29, 1.82) is 0 Å². The third-order valence-electron chi connectivity index (χ3n) is 2.91. The van der Waals surface area contributed by atoms with Gasteiger partial charge in [-0.15, -0.1) is 0 Å². The van der Waals surface area contributed by atoms with E-state index in [1.54, 1.807) is 7.05 Å². The van der Waals surface area contributed by atoms with E-state index in [-0.39, 0.29) is 0 Å². The van der Waals surface area contributed by atoms with Crippen LogP contribution in [0.25, 0.3) is 0 Å².